The van der Waals surface area contributed by atoms with Crippen molar-refractivity contribution in [2.45, 2.75) is 19.4 Å². The number of carboxylic acid groups (broad SMARTS) is 1. The van der Waals surface area contributed by atoms with Crippen molar-refractivity contribution in [2.24, 2.45) is 0 Å². The highest BCUT2D eigenvalue weighted by atomic mass is 16.4. The van der Waals surface area contributed by atoms with E-state index in [2.05, 4.69) is 4.90 Å². The minimum Gasteiger partial charge on any atom is -0.480 e. The number of hydrogen-bond donors (Lipinski definition) is 2. The maximum Gasteiger partial charge on any atom is 0.326 e. The van der Waals surface area contributed by atoms with Crippen LogP contribution in [0.5, 0.6) is 0 Å². The summed E-state index contributed by atoms with van der Waals surface area (Å²) >= 11 is 0. The first-order valence-electron chi connectivity index (χ1n) is 6.55. The topological polar surface area (TPSA) is 84.3 Å². The minimum absolute atomic E-state index is 0.115. The molecule has 0 aromatic carbocycles. The average molecular weight is 273 g/mol. The average Bonchev–Trinajstić information content (AvgIpc) is 2.62. The number of urea groups is 1. The van der Waals surface area contributed by atoms with Crippen LogP contribution < -0.4 is 0 Å². The Morgan fingerprint density at radius 1 is 1.26 bits per heavy atom. The van der Waals surface area contributed by atoms with Crippen LogP contribution in [0.25, 0.3) is 0 Å². The van der Waals surface area contributed by atoms with Gasteiger partial charge in [-0.05, 0) is 19.9 Å². The minimum atomic E-state index is -1.01. The van der Waals surface area contributed by atoms with Gasteiger partial charge >= 0.3 is 12.0 Å². The lowest BCUT2D eigenvalue weighted by Crippen LogP contribution is -2.48. The van der Waals surface area contributed by atoms with E-state index in [1.165, 1.54) is 18.9 Å². The highest BCUT2D eigenvalue weighted by molar-refractivity contribution is 5.82. The summed E-state index contributed by atoms with van der Waals surface area (Å²) in [7, 11) is 1.51. The molecule has 2 N–H and O–H groups in total. The Kier molecular flexibility index (Phi) is 6.04. The van der Waals surface area contributed by atoms with Gasteiger partial charge in [0.05, 0.1) is 6.61 Å². The van der Waals surface area contributed by atoms with E-state index in [0.29, 0.717) is 26.2 Å². The Balaban J connectivity index is 2.55. The monoisotopic (exact) mass is 273 g/mol. The van der Waals surface area contributed by atoms with Gasteiger partial charge in [0.2, 0.25) is 0 Å². The summed E-state index contributed by atoms with van der Waals surface area (Å²) in [5.74, 6) is -1.01. The summed E-state index contributed by atoms with van der Waals surface area (Å²) in [5.41, 5.74) is 0. The third kappa shape index (κ3) is 4.36. The van der Waals surface area contributed by atoms with Crippen LogP contribution >= 0.6 is 0 Å². The van der Waals surface area contributed by atoms with Crippen molar-refractivity contribution in [3.63, 3.8) is 0 Å². The van der Waals surface area contributed by atoms with E-state index in [9.17, 15) is 9.59 Å². The van der Waals surface area contributed by atoms with Crippen LogP contribution in [-0.2, 0) is 4.79 Å². The zero-order valence-corrected chi connectivity index (χ0v) is 11.6. The first kappa shape index (κ1) is 15.7. The van der Waals surface area contributed by atoms with Gasteiger partial charge in [-0.2, -0.15) is 0 Å². The molecule has 7 heteroatoms. The van der Waals surface area contributed by atoms with Crippen molar-refractivity contribution in [3.8, 4) is 0 Å². The zero-order valence-electron chi connectivity index (χ0n) is 11.6. The van der Waals surface area contributed by atoms with Gasteiger partial charge in [0.1, 0.15) is 6.04 Å². The number of rotatable bonds is 4. The lowest BCUT2D eigenvalue weighted by molar-refractivity contribution is -0.141. The molecule has 110 valence electrons. The molecule has 2 amide bonds. The van der Waals surface area contributed by atoms with E-state index >= 15 is 0 Å². The Morgan fingerprint density at radius 3 is 2.53 bits per heavy atom. The van der Waals surface area contributed by atoms with Gasteiger partial charge in [-0.15, -0.1) is 0 Å². The number of hydrogen-bond acceptors (Lipinski definition) is 4. The summed E-state index contributed by atoms with van der Waals surface area (Å²) in [5, 5.41) is 17.8. The molecule has 1 unspecified atom stereocenters. The molecule has 0 radical (unpaired) electrons. The van der Waals surface area contributed by atoms with Crippen molar-refractivity contribution in [1.29, 1.82) is 0 Å². The number of carbonyl (C=O) groups is 2. The third-order valence-electron chi connectivity index (χ3n) is 3.52. The van der Waals surface area contributed by atoms with Crippen LogP contribution in [-0.4, -0.2) is 89.3 Å². The normalized spacial score (nSPS) is 18.8. The second-order valence-electron chi connectivity index (χ2n) is 4.81. The molecule has 0 saturated carbocycles. The summed E-state index contributed by atoms with van der Waals surface area (Å²) in [4.78, 5) is 28.1. The van der Waals surface area contributed by atoms with Gasteiger partial charge in [0.15, 0.2) is 0 Å². The van der Waals surface area contributed by atoms with Gasteiger partial charge in [-0.1, -0.05) is 0 Å². The van der Waals surface area contributed by atoms with E-state index in [4.69, 9.17) is 10.2 Å². The predicted octanol–water partition coefficient (Wildman–Crippen LogP) is -0.489. The zero-order chi connectivity index (χ0) is 14.4. The third-order valence-corrected chi connectivity index (χ3v) is 3.52. The molecule has 1 fully saturated rings. The van der Waals surface area contributed by atoms with Crippen LogP contribution in [0.4, 0.5) is 4.79 Å². The van der Waals surface area contributed by atoms with Gasteiger partial charge in [0.25, 0.3) is 0 Å². The molecular formula is C12H23N3O4. The molecule has 0 aromatic rings. The number of likely N-dealkylation sites (N-methyl/N-ethyl adjacent to an activating group) is 1. The number of aliphatic hydroxyl groups is 1. The van der Waals surface area contributed by atoms with Gasteiger partial charge in [-0.25, -0.2) is 9.59 Å². The molecule has 1 heterocycles. The Bertz CT molecular complexity index is 324. The van der Waals surface area contributed by atoms with Crippen LogP contribution in [0.1, 0.15) is 13.3 Å². The highest BCUT2D eigenvalue weighted by Gasteiger charge is 2.27. The summed E-state index contributed by atoms with van der Waals surface area (Å²) in [6, 6.07) is -1.08. The quantitative estimate of drug-likeness (QED) is 0.722. The van der Waals surface area contributed by atoms with E-state index in [1.54, 1.807) is 4.90 Å². The molecule has 1 aliphatic heterocycles. The van der Waals surface area contributed by atoms with Crippen molar-refractivity contribution in [2.75, 3.05) is 46.4 Å². The maximum atomic E-state index is 12.2. The summed E-state index contributed by atoms with van der Waals surface area (Å²) in [6.45, 7) is 4.97. The number of aliphatic carboxylic acids is 1. The Morgan fingerprint density at radius 2 is 1.95 bits per heavy atom. The Labute approximate surface area is 113 Å². The SMILES string of the molecule is CC(C(=O)O)N(C)C(=O)N1CCCN(CCO)CC1. The standard InChI is InChI=1S/C12H23N3O4/c1-10(11(17)18)13(2)12(19)15-5-3-4-14(6-7-15)8-9-16/h10,16H,3-9H2,1-2H3,(H,17,18). The molecule has 1 saturated heterocycles. The molecular weight excluding hydrogens is 250 g/mol. The molecule has 0 bridgehead atoms. The molecule has 1 rings (SSSR count). The van der Waals surface area contributed by atoms with Crippen molar-refractivity contribution in [1.82, 2.24) is 14.7 Å². The summed E-state index contributed by atoms with van der Waals surface area (Å²) < 4.78 is 0. The number of aliphatic hydroxyl groups excluding tert-OH is 1. The molecule has 19 heavy (non-hydrogen) atoms. The van der Waals surface area contributed by atoms with E-state index in [0.717, 1.165) is 13.0 Å². The van der Waals surface area contributed by atoms with Gasteiger partial charge < -0.3 is 20.0 Å². The molecule has 1 aliphatic rings. The van der Waals surface area contributed by atoms with Crippen molar-refractivity contribution in [3.05, 3.63) is 0 Å². The predicted molar refractivity (Wildman–Crippen MR) is 70.0 cm³/mol. The number of β-amino-alcohol motifs (C(OH)–C–C–N with tert-alkyl or cyclic N) is 1. The second-order valence-corrected chi connectivity index (χ2v) is 4.81. The van der Waals surface area contributed by atoms with E-state index in [1.807, 2.05) is 0 Å². The lowest BCUT2D eigenvalue weighted by Gasteiger charge is -2.29. The number of carboxylic acids is 1. The molecule has 0 aliphatic carbocycles. The maximum absolute atomic E-state index is 12.2. The molecule has 7 nitrogen and oxygen atoms in total. The molecule has 1 atom stereocenters. The van der Waals surface area contributed by atoms with Crippen molar-refractivity contribution >= 4 is 12.0 Å². The smallest absolute Gasteiger partial charge is 0.326 e. The largest absolute Gasteiger partial charge is 0.480 e. The molecule has 0 spiro atoms. The van der Waals surface area contributed by atoms with Crippen molar-refractivity contribution < 1.29 is 19.8 Å². The van der Waals surface area contributed by atoms with Crippen LogP contribution in [0.2, 0.25) is 0 Å². The fraction of sp³-hybridized carbons (Fsp3) is 0.833. The first-order chi connectivity index (χ1) is 8.97. The number of carbonyl (C=O) groups excluding carboxylic acids is 1. The van der Waals surface area contributed by atoms with E-state index < -0.39 is 12.0 Å². The first-order valence-corrected chi connectivity index (χ1v) is 6.55. The van der Waals surface area contributed by atoms with Crippen LogP contribution in [0, 0.1) is 0 Å². The Hall–Kier alpha value is -1.34. The van der Waals surface area contributed by atoms with Gasteiger partial charge in [-0.3, -0.25) is 4.90 Å². The lowest BCUT2D eigenvalue weighted by atomic mass is 10.3. The van der Waals surface area contributed by atoms with Crippen LogP contribution in [0.15, 0.2) is 0 Å². The number of nitrogens with zero attached hydrogens (tertiary/aromatic N) is 3. The highest BCUT2D eigenvalue weighted by Crippen LogP contribution is 2.08. The van der Waals surface area contributed by atoms with Crippen LogP contribution in [0.3, 0.4) is 0 Å². The molecule has 0 aromatic heterocycles. The number of amides is 2. The van der Waals surface area contributed by atoms with E-state index in [-0.39, 0.29) is 12.6 Å². The van der Waals surface area contributed by atoms with Gasteiger partial charge in [0, 0.05) is 33.2 Å². The second kappa shape index (κ2) is 7.30. The fourth-order valence-electron chi connectivity index (χ4n) is 2.08. The fourth-order valence-corrected chi connectivity index (χ4v) is 2.08. The summed E-state index contributed by atoms with van der Waals surface area (Å²) in [6.07, 6.45) is 0.834.